The number of aromatic nitrogens is 3. The van der Waals surface area contributed by atoms with E-state index in [0.717, 1.165) is 5.56 Å². The minimum absolute atomic E-state index is 0.0451. The second-order valence-electron chi connectivity index (χ2n) is 10.8. The van der Waals surface area contributed by atoms with E-state index in [-0.39, 0.29) is 48.8 Å². The van der Waals surface area contributed by atoms with Gasteiger partial charge in [-0.3, -0.25) is 0 Å². The van der Waals surface area contributed by atoms with Crippen molar-refractivity contribution in [3.8, 4) is 17.0 Å². The van der Waals surface area contributed by atoms with E-state index in [4.69, 9.17) is 16.3 Å². The number of piperazine rings is 1. The number of carboxylic acid groups (broad SMARTS) is 1. The van der Waals surface area contributed by atoms with Crippen molar-refractivity contribution in [3.05, 3.63) is 70.0 Å². The summed E-state index contributed by atoms with van der Waals surface area (Å²) >= 11 is 6.53. The van der Waals surface area contributed by atoms with Gasteiger partial charge in [-0.25, -0.2) is 14.2 Å². The van der Waals surface area contributed by atoms with Gasteiger partial charge in [-0.15, -0.1) is 0 Å². The lowest BCUT2D eigenvalue weighted by Crippen LogP contribution is -2.53. The van der Waals surface area contributed by atoms with E-state index < -0.39 is 57.6 Å². The van der Waals surface area contributed by atoms with Crippen molar-refractivity contribution in [2.45, 2.75) is 32.6 Å². The molecule has 4 aromatic rings. The first-order valence-electron chi connectivity index (χ1n) is 13.7. The summed E-state index contributed by atoms with van der Waals surface area (Å²) in [7, 11) is 3.15. The molecular weight excluding hydrogens is 623 g/mol. The van der Waals surface area contributed by atoms with E-state index in [1.54, 1.807) is 48.0 Å². The monoisotopic (exact) mass is 650 g/mol. The van der Waals surface area contributed by atoms with Crippen LogP contribution in [0.1, 0.15) is 23.6 Å². The lowest BCUT2D eigenvalue weighted by molar-refractivity contribution is -0.137. The number of hydrogen-bond donors (Lipinski definition) is 1. The number of carbonyl (C=O) groups is 1. The Bertz CT molecular complexity index is 1770. The summed E-state index contributed by atoms with van der Waals surface area (Å²) in [5, 5.41) is 8.89. The van der Waals surface area contributed by atoms with E-state index in [1.807, 2.05) is 0 Å². The number of methoxy groups -OCH3 is 1. The van der Waals surface area contributed by atoms with E-state index in [2.05, 4.69) is 15.0 Å². The van der Waals surface area contributed by atoms with Crippen molar-refractivity contribution in [3.63, 3.8) is 0 Å². The van der Waals surface area contributed by atoms with Crippen molar-refractivity contribution in [1.82, 2.24) is 19.9 Å². The molecular formula is C30H28ClF5N6O3. The Labute approximate surface area is 259 Å². The number of halogens is 6. The van der Waals surface area contributed by atoms with Crippen LogP contribution in [0.15, 0.2) is 36.4 Å². The van der Waals surface area contributed by atoms with Crippen molar-refractivity contribution in [1.29, 1.82) is 0 Å². The quantitative estimate of drug-likeness (QED) is 0.180. The molecule has 1 aliphatic heterocycles. The molecule has 0 saturated carbocycles. The summed E-state index contributed by atoms with van der Waals surface area (Å²) in [6.45, 7) is 3.40. The standard InChI is InChI=1S/C30H28ClF5N6O3/c1-15-11-21(40(3)14-17-5-7-18(45-4)8-6-17)37-26(23(15)30(34,35)36)22-20(31)12-19-25(24(22)32)38-28(33)39-27(19)42-10-9-41(29(43)44)13-16(42)2/h5-8,11-12,16H,9-10,13-14H2,1-4H3,(H,43,44)/t16-/m0/s1. The number of benzene rings is 2. The van der Waals surface area contributed by atoms with Crippen LogP contribution in [0.2, 0.25) is 5.02 Å². The number of anilines is 2. The highest BCUT2D eigenvalue weighted by atomic mass is 35.5. The maximum atomic E-state index is 16.4. The minimum Gasteiger partial charge on any atom is -0.497 e. The Hall–Kier alpha value is -4.46. The molecule has 0 bridgehead atoms. The topological polar surface area (TPSA) is 94.9 Å². The molecule has 1 N–H and O–H groups in total. The fourth-order valence-corrected chi connectivity index (χ4v) is 5.79. The van der Waals surface area contributed by atoms with Gasteiger partial charge in [0.2, 0.25) is 0 Å². The summed E-state index contributed by atoms with van der Waals surface area (Å²) < 4.78 is 79.7. The van der Waals surface area contributed by atoms with Crippen LogP contribution in [0.25, 0.3) is 22.2 Å². The van der Waals surface area contributed by atoms with E-state index in [9.17, 15) is 27.5 Å². The number of fused-ring (bicyclic) bond motifs is 1. The number of hydrogen-bond acceptors (Lipinski definition) is 7. The van der Waals surface area contributed by atoms with Crippen molar-refractivity contribution in [2.75, 3.05) is 43.6 Å². The number of pyridine rings is 1. The predicted octanol–water partition coefficient (Wildman–Crippen LogP) is 6.78. The van der Waals surface area contributed by atoms with Crippen LogP contribution in [0.5, 0.6) is 5.75 Å². The van der Waals surface area contributed by atoms with Crippen molar-refractivity contribution >= 4 is 40.2 Å². The third-order valence-corrected chi connectivity index (χ3v) is 8.00. The second kappa shape index (κ2) is 12.1. The Morgan fingerprint density at radius 1 is 1.13 bits per heavy atom. The highest BCUT2D eigenvalue weighted by Gasteiger charge is 2.39. The normalized spacial score (nSPS) is 15.5. The molecule has 45 heavy (non-hydrogen) atoms. The largest absolute Gasteiger partial charge is 0.497 e. The lowest BCUT2D eigenvalue weighted by Gasteiger charge is -2.39. The third-order valence-electron chi connectivity index (χ3n) is 7.70. The molecule has 0 radical (unpaired) electrons. The van der Waals surface area contributed by atoms with Crippen LogP contribution in [-0.4, -0.2) is 70.9 Å². The molecule has 2 aromatic heterocycles. The van der Waals surface area contributed by atoms with Gasteiger partial charge in [-0.2, -0.15) is 27.5 Å². The van der Waals surface area contributed by atoms with Gasteiger partial charge in [0.1, 0.15) is 22.9 Å². The Balaban J connectivity index is 1.64. The zero-order chi connectivity index (χ0) is 32.8. The SMILES string of the molecule is COc1ccc(CN(C)c2cc(C)c(C(F)(F)F)c(-c3c(Cl)cc4c(N5CCN(C(=O)O)C[C@@H]5C)nc(F)nc4c3F)n2)cc1. The van der Waals surface area contributed by atoms with Gasteiger partial charge in [-0.1, -0.05) is 23.7 Å². The number of amides is 1. The predicted molar refractivity (Wildman–Crippen MR) is 159 cm³/mol. The highest BCUT2D eigenvalue weighted by Crippen LogP contribution is 2.45. The minimum atomic E-state index is -4.94. The van der Waals surface area contributed by atoms with Gasteiger partial charge in [0.25, 0.3) is 0 Å². The molecule has 2 aromatic carbocycles. The van der Waals surface area contributed by atoms with E-state index >= 15 is 4.39 Å². The zero-order valence-electron chi connectivity index (χ0n) is 24.6. The molecule has 1 atom stereocenters. The molecule has 9 nitrogen and oxygen atoms in total. The van der Waals surface area contributed by atoms with Gasteiger partial charge in [0.05, 0.1) is 29.0 Å². The van der Waals surface area contributed by atoms with Gasteiger partial charge in [-0.05, 0) is 49.2 Å². The number of nitrogens with zero attached hydrogens (tertiary/aromatic N) is 6. The Morgan fingerprint density at radius 2 is 1.82 bits per heavy atom. The maximum absolute atomic E-state index is 16.4. The first-order chi connectivity index (χ1) is 21.2. The van der Waals surface area contributed by atoms with Gasteiger partial charge >= 0.3 is 18.3 Å². The molecule has 0 unspecified atom stereocenters. The molecule has 1 saturated heterocycles. The average molecular weight is 651 g/mol. The van der Waals surface area contributed by atoms with E-state index in [0.29, 0.717) is 5.75 Å². The van der Waals surface area contributed by atoms with Crippen LogP contribution in [0.4, 0.5) is 38.4 Å². The average Bonchev–Trinajstić information content (AvgIpc) is 2.96. The third kappa shape index (κ3) is 6.23. The summed E-state index contributed by atoms with van der Waals surface area (Å²) in [5.74, 6) is -0.615. The Morgan fingerprint density at radius 3 is 2.42 bits per heavy atom. The van der Waals surface area contributed by atoms with Gasteiger partial charge in [0.15, 0.2) is 5.82 Å². The van der Waals surface area contributed by atoms with Crippen LogP contribution in [0.3, 0.4) is 0 Å². The van der Waals surface area contributed by atoms with Crippen molar-refractivity contribution < 1.29 is 36.6 Å². The fourth-order valence-electron chi connectivity index (χ4n) is 5.51. The van der Waals surface area contributed by atoms with Crippen LogP contribution in [-0.2, 0) is 12.7 Å². The van der Waals surface area contributed by atoms with Crippen LogP contribution >= 0.6 is 11.6 Å². The summed E-state index contributed by atoms with van der Waals surface area (Å²) in [6.07, 6.45) is -7.38. The first kappa shape index (κ1) is 31.9. The van der Waals surface area contributed by atoms with Crippen LogP contribution in [0, 0.1) is 18.8 Å². The molecule has 15 heteroatoms. The molecule has 1 aliphatic rings. The number of ether oxygens (including phenoxy) is 1. The molecule has 0 aliphatic carbocycles. The second-order valence-corrected chi connectivity index (χ2v) is 11.2. The van der Waals surface area contributed by atoms with E-state index in [1.165, 1.54) is 31.1 Å². The molecule has 238 valence electrons. The maximum Gasteiger partial charge on any atom is 0.418 e. The molecule has 1 fully saturated rings. The fraction of sp³-hybridized carbons (Fsp3) is 0.333. The van der Waals surface area contributed by atoms with Crippen LogP contribution < -0.4 is 14.5 Å². The molecule has 1 amide bonds. The smallest absolute Gasteiger partial charge is 0.418 e. The number of alkyl halides is 3. The Kier molecular flexibility index (Phi) is 8.62. The highest BCUT2D eigenvalue weighted by molar-refractivity contribution is 6.34. The molecule has 0 spiro atoms. The number of rotatable bonds is 6. The van der Waals surface area contributed by atoms with Crippen molar-refractivity contribution in [2.24, 2.45) is 0 Å². The van der Waals surface area contributed by atoms with Gasteiger partial charge < -0.3 is 24.5 Å². The number of aryl methyl sites for hydroxylation is 1. The van der Waals surface area contributed by atoms with Gasteiger partial charge in [0, 0.05) is 44.7 Å². The summed E-state index contributed by atoms with van der Waals surface area (Å²) in [4.78, 5) is 27.5. The summed E-state index contributed by atoms with van der Waals surface area (Å²) in [5.41, 5.74) is -2.65. The first-order valence-corrected chi connectivity index (χ1v) is 14.1. The molecule has 5 rings (SSSR count). The lowest BCUT2D eigenvalue weighted by atomic mass is 9.98. The zero-order valence-corrected chi connectivity index (χ0v) is 25.3. The summed E-state index contributed by atoms with van der Waals surface area (Å²) in [6, 6.07) is 9.01. The molecule has 3 heterocycles.